The Morgan fingerprint density at radius 1 is 0.800 bits per heavy atom. The van der Waals surface area contributed by atoms with Crippen LogP contribution < -0.4 is 14.8 Å². The molecule has 1 N–H and O–H groups in total. The van der Waals surface area contributed by atoms with Gasteiger partial charge in [0, 0.05) is 31.4 Å². The molecule has 1 amide bonds. The topological polar surface area (TPSA) is 66.9 Å². The second-order valence-electron chi connectivity index (χ2n) is 10.9. The van der Waals surface area contributed by atoms with E-state index in [0.29, 0.717) is 37.9 Å². The number of nitrogens with one attached hydrogen (secondary N) is 1. The van der Waals surface area contributed by atoms with E-state index in [9.17, 15) is 4.79 Å². The number of carbonyl (C=O) groups is 1. The van der Waals surface area contributed by atoms with Crippen LogP contribution in [0.3, 0.4) is 0 Å². The number of amides is 1. The van der Waals surface area contributed by atoms with Crippen molar-refractivity contribution in [1.82, 2.24) is 20.1 Å². The van der Waals surface area contributed by atoms with E-state index in [4.69, 9.17) is 9.47 Å². The van der Waals surface area contributed by atoms with Crippen molar-refractivity contribution in [2.24, 2.45) is 0 Å². The Balaban J connectivity index is 1.22. The highest BCUT2D eigenvalue weighted by atomic mass is 16.5. The number of aromatic nitrogens is 1. The van der Waals surface area contributed by atoms with Crippen molar-refractivity contribution in [3.63, 3.8) is 0 Å². The van der Waals surface area contributed by atoms with Gasteiger partial charge in [-0.15, -0.1) is 0 Å². The van der Waals surface area contributed by atoms with Crippen LogP contribution in [0.5, 0.6) is 17.4 Å². The summed E-state index contributed by atoms with van der Waals surface area (Å²) in [7, 11) is 0. The molecule has 3 aromatic rings. The lowest BCUT2D eigenvalue weighted by molar-refractivity contribution is -0.122. The first-order chi connectivity index (χ1) is 19.7. The summed E-state index contributed by atoms with van der Waals surface area (Å²) in [5.74, 6) is 1.97. The maximum Gasteiger partial charge on any atom is 0.234 e. The molecule has 212 valence electrons. The molecule has 2 aliphatic heterocycles. The minimum Gasteiger partial charge on any atom is -0.490 e. The number of rotatable bonds is 6. The number of hydrogen-bond donors (Lipinski definition) is 1. The van der Waals surface area contributed by atoms with Crippen molar-refractivity contribution >= 4 is 5.91 Å². The fourth-order valence-corrected chi connectivity index (χ4v) is 5.50. The van der Waals surface area contributed by atoms with Gasteiger partial charge >= 0.3 is 0 Å². The molecule has 1 aromatic heterocycles. The molecule has 0 atom stereocenters. The Hall–Kier alpha value is -3.42. The van der Waals surface area contributed by atoms with E-state index >= 15 is 0 Å². The second kappa shape index (κ2) is 14.8. The van der Waals surface area contributed by atoms with E-state index in [1.165, 1.54) is 37.9 Å². The molecule has 5 rings (SSSR count). The third kappa shape index (κ3) is 8.54. The number of nitrogens with zero attached hydrogens (tertiary/aromatic N) is 3. The lowest BCUT2D eigenvalue weighted by atomic mass is 10.1. The maximum absolute atomic E-state index is 13.1. The van der Waals surface area contributed by atoms with Gasteiger partial charge in [0.2, 0.25) is 11.8 Å². The molecular weight excluding hydrogens is 500 g/mol. The molecule has 1 saturated heterocycles. The summed E-state index contributed by atoms with van der Waals surface area (Å²) < 4.78 is 12.3. The third-order valence-electron chi connectivity index (χ3n) is 7.63. The van der Waals surface area contributed by atoms with E-state index in [1.54, 1.807) is 6.20 Å². The Kier molecular flexibility index (Phi) is 10.4. The molecule has 0 saturated carbocycles. The van der Waals surface area contributed by atoms with Crippen LogP contribution in [0.4, 0.5) is 0 Å². The number of para-hydroxylation sites is 2. The third-order valence-corrected chi connectivity index (χ3v) is 7.63. The van der Waals surface area contributed by atoms with Crippen molar-refractivity contribution in [3.05, 3.63) is 83.6 Å². The number of pyridine rings is 1. The Morgan fingerprint density at radius 2 is 1.55 bits per heavy atom. The van der Waals surface area contributed by atoms with Crippen LogP contribution in [0.25, 0.3) is 0 Å². The lowest BCUT2D eigenvalue weighted by Crippen LogP contribution is -2.37. The molecule has 0 bridgehead atoms. The SMILES string of the molecule is O=C(CN1CCCCCCOc2ccccc2Oc2ncccc2C1)NCc1cccc(CN2CCCCC2)c1. The normalized spacial score (nSPS) is 17.4. The summed E-state index contributed by atoms with van der Waals surface area (Å²) in [5.41, 5.74) is 3.42. The number of hydrogen-bond acceptors (Lipinski definition) is 6. The first-order valence-electron chi connectivity index (χ1n) is 14.9. The molecule has 2 aromatic carbocycles. The molecule has 7 heteroatoms. The van der Waals surface area contributed by atoms with Crippen molar-refractivity contribution in [1.29, 1.82) is 0 Å². The number of carbonyl (C=O) groups excluding carboxylic acids is 1. The van der Waals surface area contributed by atoms with Gasteiger partial charge in [0.1, 0.15) is 0 Å². The number of fused-ring (bicyclic) bond motifs is 2. The largest absolute Gasteiger partial charge is 0.490 e. The molecule has 0 unspecified atom stereocenters. The zero-order valence-electron chi connectivity index (χ0n) is 23.5. The first kappa shape index (κ1) is 28.1. The van der Waals surface area contributed by atoms with Gasteiger partial charge < -0.3 is 14.8 Å². The average Bonchev–Trinajstić information content (AvgIpc) is 2.98. The van der Waals surface area contributed by atoms with Gasteiger partial charge in [-0.1, -0.05) is 61.7 Å². The Bertz CT molecular complexity index is 1230. The van der Waals surface area contributed by atoms with E-state index in [0.717, 1.165) is 55.6 Å². The summed E-state index contributed by atoms with van der Waals surface area (Å²) in [5, 5.41) is 3.16. The molecule has 2 aliphatic rings. The highest BCUT2D eigenvalue weighted by Gasteiger charge is 2.17. The summed E-state index contributed by atoms with van der Waals surface area (Å²) in [6.07, 6.45) is 9.87. The minimum atomic E-state index is 0.0349. The van der Waals surface area contributed by atoms with Crippen LogP contribution in [0, 0.1) is 0 Å². The summed E-state index contributed by atoms with van der Waals surface area (Å²) in [4.78, 5) is 22.4. The molecule has 0 radical (unpaired) electrons. The lowest BCUT2D eigenvalue weighted by Gasteiger charge is -2.26. The standard InChI is InChI=1S/C33H42N4O3/c38-32(35-23-27-12-10-13-28(22-27)24-36-18-7-3-8-19-36)26-37-20-6-1-2-9-21-39-30-15-4-5-16-31(30)40-33-29(25-37)14-11-17-34-33/h4-5,10-17,22H,1-3,6-9,18-21,23-26H2,(H,35,38). The smallest absolute Gasteiger partial charge is 0.234 e. The van der Waals surface area contributed by atoms with E-state index in [1.807, 2.05) is 36.4 Å². The Labute approximate surface area is 238 Å². The number of benzene rings is 2. The van der Waals surface area contributed by atoms with E-state index < -0.39 is 0 Å². The van der Waals surface area contributed by atoms with E-state index in [2.05, 4.69) is 44.4 Å². The van der Waals surface area contributed by atoms with Gasteiger partial charge in [-0.3, -0.25) is 14.6 Å². The number of piperidine rings is 1. The zero-order chi connectivity index (χ0) is 27.4. The van der Waals surface area contributed by atoms with Crippen LogP contribution in [0.2, 0.25) is 0 Å². The predicted octanol–water partition coefficient (Wildman–Crippen LogP) is 5.93. The highest BCUT2D eigenvalue weighted by Crippen LogP contribution is 2.32. The van der Waals surface area contributed by atoms with Crippen molar-refractivity contribution in [3.8, 4) is 17.4 Å². The second-order valence-corrected chi connectivity index (χ2v) is 10.9. The van der Waals surface area contributed by atoms with Crippen LogP contribution in [-0.2, 0) is 24.4 Å². The molecule has 3 heterocycles. The molecule has 7 nitrogen and oxygen atoms in total. The van der Waals surface area contributed by atoms with Gasteiger partial charge in [0.05, 0.1) is 13.2 Å². The van der Waals surface area contributed by atoms with Gasteiger partial charge in [0.25, 0.3) is 0 Å². The van der Waals surface area contributed by atoms with Crippen molar-refractivity contribution in [2.75, 3.05) is 32.8 Å². The fraction of sp³-hybridized carbons (Fsp3) is 0.455. The maximum atomic E-state index is 13.1. The quantitative estimate of drug-likeness (QED) is 0.416. The van der Waals surface area contributed by atoms with Crippen molar-refractivity contribution < 1.29 is 14.3 Å². The molecule has 40 heavy (non-hydrogen) atoms. The average molecular weight is 543 g/mol. The number of likely N-dealkylation sites (tertiary alicyclic amines) is 1. The summed E-state index contributed by atoms with van der Waals surface area (Å²) in [6.45, 7) is 6.31. The van der Waals surface area contributed by atoms with Crippen LogP contribution in [0.1, 0.15) is 61.6 Å². The minimum absolute atomic E-state index is 0.0349. The van der Waals surface area contributed by atoms with Crippen LogP contribution in [0.15, 0.2) is 66.9 Å². The zero-order valence-corrected chi connectivity index (χ0v) is 23.5. The molecule has 0 spiro atoms. The van der Waals surface area contributed by atoms with Gasteiger partial charge in [-0.05, 0) is 74.6 Å². The van der Waals surface area contributed by atoms with E-state index in [-0.39, 0.29) is 5.91 Å². The number of ether oxygens (including phenoxy) is 2. The van der Waals surface area contributed by atoms with Gasteiger partial charge in [0.15, 0.2) is 11.5 Å². The Morgan fingerprint density at radius 3 is 2.42 bits per heavy atom. The van der Waals surface area contributed by atoms with Crippen LogP contribution in [-0.4, -0.2) is 53.5 Å². The summed E-state index contributed by atoms with van der Waals surface area (Å²) >= 11 is 0. The summed E-state index contributed by atoms with van der Waals surface area (Å²) in [6, 6.07) is 20.3. The molecule has 1 fully saturated rings. The van der Waals surface area contributed by atoms with Crippen LogP contribution >= 0.6 is 0 Å². The first-order valence-corrected chi connectivity index (χ1v) is 14.9. The van der Waals surface area contributed by atoms with Gasteiger partial charge in [-0.25, -0.2) is 4.98 Å². The highest BCUT2D eigenvalue weighted by molar-refractivity contribution is 5.78. The fourth-order valence-electron chi connectivity index (χ4n) is 5.50. The molecular formula is C33H42N4O3. The predicted molar refractivity (Wildman–Crippen MR) is 157 cm³/mol. The molecule has 0 aliphatic carbocycles. The monoisotopic (exact) mass is 542 g/mol. The van der Waals surface area contributed by atoms with Gasteiger partial charge in [-0.2, -0.15) is 0 Å². The van der Waals surface area contributed by atoms with Crippen molar-refractivity contribution in [2.45, 2.75) is 64.6 Å².